The Bertz CT molecular complexity index is 546. The van der Waals surface area contributed by atoms with E-state index in [2.05, 4.69) is 5.32 Å². The maximum Gasteiger partial charge on any atom is 0.286 e. The van der Waals surface area contributed by atoms with Crippen LogP contribution in [0.5, 0.6) is 11.5 Å². The number of nitro groups is 1. The van der Waals surface area contributed by atoms with Crippen molar-refractivity contribution in [2.45, 2.75) is 26.3 Å². The highest BCUT2D eigenvalue weighted by atomic mass is 16.6. The number of methoxy groups -OCH3 is 1. The first-order valence-electron chi connectivity index (χ1n) is 6.93. The van der Waals surface area contributed by atoms with Gasteiger partial charge in [-0.25, -0.2) is 0 Å². The lowest BCUT2D eigenvalue weighted by molar-refractivity contribution is -0.385. The van der Waals surface area contributed by atoms with Gasteiger partial charge in [-0.05, 0) is 20.3 Å². The van der Waals surface area contributed by atoms with Crippen LogP contribution in [0.4, 0.5) is 5.69 Å². The summed E-state index contributed by atoms with van der Waals surface area (Å²) in [5.74, 6) is -0.0534. The Morgan fingerprint density at radius 1 is 1.45 bits per heavy atom. The molecule has 0 aromatic heterocycles. The fraction of sp³-hybridized carbons (Fsp3) is 0.500. The third-order valence-corrected chi connectivity index (χ3v) is 2.91. The number of hydrogen-bond acceptors (Lipinski definition) is 6. The number of nitro benzene ring substituents is 1. The average molecular weight is 311 g/mol. The van der Waals surface area contributed by atoms with Crippen molar-refractivity contribution in [3.63, 3.8) is 0 Å². The normalized spacial score (nSPS) is 11.6. The number of benzene rings is 1. The first-order chi connectivity index (χ1) is 10.4. The molecule has 0 fully saturated rings. The second kappa shape index (κ2) is 8.18. The Kier molecular flexibility index (Phi) is 6.58. The van der Waals surface area contributed by atoms with Gasteiger partial charge in [0.15, 0.2) is 11.5 Å². The molecule has 0 heterocycles. The standard InChI is InChI=1S/C14H21N3O5/c1-4-22-13-8-11(17(19)20)10(7-12(13)21-3)14(18)16-6-5-9(2)15/h7-9H,4-6,15H2,1-3H3,(H,16,18). The molecule has 1 aromatic rings. The topological polar surface area (TPSA) is 117 Å². The quantitative estimate of drug-likeness (QED) is 0.554. The SMILES string of the molecule is CCOc1cc([N+](=O)[O-])c(C(=O)NCCC(C)N)cc1OC. The van der Waals surface area contributed by atoms with Gasteiger partial charge in [-0.15, -0.1) is 0 Å². The molecule has 0 radical (unpaired) electrons. The van der Waals surface area contributed by atoms with Gasteiger partial charge in [0.1, 0.15) is 5.56 Å². The van der Waals surface area contributed by atoms with Crippen LogP contribution in [0.25, 0.3) is 0 Å². The fourth-order valence-electron chi connectivity index (χ4n) is 1.82. The lowest BCUT2D eigenvalue weighted by Gasteiger charge is -2.12. The molecule has 0 saturated carbocycles. The van der Waals surface area contributed by atoms with Crippen molar-refractivity contribution in [2.75, 3.05) is 20.3 Å². The summed E-state index contributed by atoms with van der Waals surface area (Å²) in [5, 5.41) is 13.8. The molecule has 8 nitrogen and oxygen atoms in total. The lowest BCUT2D eigenvalue weighted by atomic mass is 10.1. The van der Waals surface area contributed by atoms with Crippen LogP contribution >= 0.6 is 0 Å². The van der Waals surface area contributed by atoms with Gasteiger partial charge in [-0.2, -0.15) is 0 Å². The Hall–Kier alpha value is -2.35. The van der Waals surface area contributed by atoms with E-state index in [0.29, 0.717) is 19.6 Å². The second-order valence-corrected chi connectivity index (χ2v) is 4.73. The molecular weight excluding hydrogens is 290 g/mol. The van der Waals surface area contributed by atoms with Crippen LogP contribution < -0.4 is 20.5 Å². The molecule has 22 heavy (non-hydrogen) atoms. The van der Waals surface area contributed by atoms with Crippen LogP contribution in [0.2, 0.25) is 0 Å². The molecule has 3 N–H and O–H groups in total. The number of ether oxygens (including phenoxy) is 2. The van der Waals surface area contributed by atoms with E-state index in [9.17, 15) is 14.9 Å². The third kappa shape index (κ3) is 4.59. The molecular formula is C14H21N3O5. The van der Waals surface area contributed by atoms with E-state index < -0.39 is 10.8 Å². The third-order valence-electron chi connectivity index (χ3n) is 2.91. The highest BCUT2D eigenvalue weighted by molar-refractivity contribution is 5.99. The Labute approximate surface area is 128 Å². The number of carbonyl (C=O) groups excluding carboxylic acids is 1. The number of carbonyl (C=O) groups is 1. The molecule has 1 atom stereocenters. The number of hydrogen-bond donors (Lipinski definition) is 2. The van der Waals surface area contributed by atoms with Crippen molar-refractivity contribution in [3.8, 4) is 11.5 Å². The van der Waals surface area contributed by atoms with Crippen LogP contribution in [-0.4, -0.2) is 37.1 Å². The molecule has 0 saturated heterocycles. The fourth-order valence-corrected chi connectivity index (χ4v) is 1.82. The molecule has 1 unspecified atom stereocenters. The number of rotatable bonds is 8. The van der Waals surface area contributed by atoms with Crippen LogP contribution in [0, 0.1) is 10.1 Å². The zero-order valence-electron chi connectivity index (χ0n) is 12.9. The number of nitrogens with two attached hydrogens (primary N) is 1. The van der Waals surface area contributed by atoms with Crippen molar-refractivity contribution in [2.24, 2.45) is 5.73 Å². The number of amides is 1. The molecule has 1 rings (SSSR count). The highest BCUT2D eigenvalue weighted by Gasteiger charge is 2.24. The van der Waals surface area contributed by atoms with Crippen LogP contribution in [-0.2, 0) is 0 Å². The van der Waals surface area contributed by atoms with Gasteiger partial charge in [-0.1, -0.05) is 0 Å². The van der Waals surface area contributed by atoms with Gasteiger partial charge in [0.05, 0.1) is 24.7 Å². The van der Waals surface area contributed by atoms with E-state index in [1.807, 2.05) is 6.92 Å². The van der Waals surface area contributed by atoms with Crippen molar-refractivity contribution in [3.05, 3.63) is 27.8 Å². The summed E-state index contributed by atoms with van der Waals surface area (Å²) in [6.07, 6.45) is 0.577. The summed E-state index contributed by atoms with van der Waals surface area (Å²) in [7, 11) is 1.40. The van der Waals surface area contributed by atoms with Gasteiger partial charge in [-0.3, -0.25) is 14.9 Å². The molecule has 0 bridgehead atoms. The van der Waals surface area contributed by atoms with Crippen molar-refractivity contribution >= 4 is 11.6 Å². The summed E-state index contributed by atoms with van der Waals surface area (Å²) < 4.78 is 10.4. The summed E-state index contributed by atoms with van der Waals surface area (Å²) in [6.45, 7) is 4.23. The van der Waals surface area contributed by atoms with Gasteiger partial charge < -0.3 is 20.5 Å². The zero-order valence-corrected chi connectivity index (χ0v) is 12.9. The molecule has 0 aliphatic heterocycles. The summed E-state index contributed by atoms with van der Waals surface area (Å²) in [6, 6.07) is 2.44. The monoisotopic (exact) mass is 311 g/mol. The first kappa shape index (κ1) is 17.7. The minimum atomic E-state index is -0.623. The molecule has 0 spiro atoms. The largest absolute Gasteiger partial charge is 0.493 e. The summed E-state index contributed by atoms with van der Waals surface area (Å²) in [4.78, 5) is 22.7. The molecule has 0 aliphatic rings. The van der Waals surface area contributed by atoms with Gasteiger partial charge in [0, 0.05) is 18.7 Å². The Balaban J connectivity index is 3.10. The van der Waals surface area contributed by atoms with Crippen molar-refractivity contribution in [1.82, 2.24) is 5.32 Å². The number of nitrogens with zero attached hydrogens (tertiary/aromatic N) is 1. The lowest BCUT2D eigenvalue weighted by Crippen LogP contribution is -2.29. The van der Waals surface area contributed by atoms with Crippen molar-refractivity contribution in [1.29, 1.82) is 0 Å². The zero-order chi connectivity index (χ0) is 16.7. The van der Waals surface area contributed by atoms with Gasteiger partial charge >= 0.3 is 0 Å². The Morgan fingerprint density at radius 2 is 2.14 bits per heavy atom. The van der Waals surface area contributed by atoms with E-state index in [-0.39, 0.29) is 28.8 Å². The predicted octanol–water partition coefficient (Wildman–Crippen LogP) is 1.47. The summed E-state index contributed by atoms with van der Waals surface area (Å²) in [5.41, 5.74) is 5.19. The van der Waals surface area contributed by atoms with E-state index in [0.717, 1.165) is 0 Å². The van der Waals surface area contributed by atoms with E-state index in [4.69, 9.17) is 15.2 Å². The maximum absolute atomic E-state index is 12.1. The van der Waals surface area contributed by atoms with E-state index in [1.54, 1.807) is 6.92 Å². The molecule has 1 aromatic carbocycles. The minimum absolute atomic E-state index is 0.0647. The van der Waals surface area contributed by atoms with Gasteiger partial charge in [0.25, 0.3) is 11.6 Å². The first-order valence-corrected chi connectivity index (χ1v) is 6.93. The van der Waals surface area contributed by atoms with Crippen molar-refractivity contribution < 1.29 is 19.2 Å². The maximum atomic E-state index is 12.1. The summed E-state index contributed by atoms with van der Waals surface area (Å²) >= 11 is 0. The molecule has 8 heteroatoms. The van der Waals surface area contributed by atoms with E-state index >= 15 is 0 Å². The molecule has 0 aliphatic carbocycles. The highest BCUT2D eigenvalue weighted by Crippen LogP contribution is 2.34. The molecule has 1 amide bonds. The van der Waals surface area contributed by atoms with Crippen LogP contribution in [0.3, 0.4) is 0 Å². The number of nitrogens with one attached hydrogen (secondary N) is 1. The average Bonchev–Trinajstić information content (AvgIpc) is 2.46. The van der Waals surface area contributed by atoms with Gasteiger partial charge in [0.2, 0.25) is 0 Å². The smallest absolute Gasteiger partial charge is 0.286 e. The second-order valence-electron chi connectivity index (χ2n) is 4.73. The minimum Gasteiger partial charge on any atom is -0.493 e. The Morgan fingerprint density at radius 3 is 2.64 bits per heavy atom. The molecule has 122 valence electrons. The van der Waals surface area contributed by atoms with Crippen LogP contribution in [0.1, 0.15) is 30.6 Å². The predicted molar refractivity (Wildman–Crippen MR) is 81.4 cm³/mol. The van der Waals surface area contributed by atoms with E-state index in [1.165, 1.54) is 19.2 Å². The van der Waals surface area contributed by atoms with Crippen LogP contribution in [0.15, 0.2) is 12.1 Å².